The van der Waals surface area contributed by atoms with Crippen molar-refractivity contribution < 1.29 is 19.1 Å². The highest BCUT2D eigenvalue weighted by molar-refractivity contribution is 6.15. The maximum Gasteiger partial charge on any atom is 0.350 e. The molecule has 138 valence electrons. The molecular weight excluding hydrogens is 344 g/mol. The zero-order valence-corrected chi connectivity index (χ0v) is 15.4. The van der Waals surface area contributed by atoms with Crippen molar-refractivity contribution in [2.75, 3.05) is 5.32 Å². The van der Waals surface area contributed by atoms with Crippen molar-refractivity contribution >= 4 is 39.4 Å². The Labute approximate surface area is 156 Å². The Morgan fingerprint density at radius 3 is 2.37 bits per heavy atom. The maximum atomic E-state index is 12.0. The number of benzene rings is 2. The monoisotopic (exact) mass is 364 g/mol. The van der Waals surface area contributed by atoms with Gasteiger partial charge in [-0.1, -0.05) is 18.2 Å². The van der Waals surface area contributed by atoms with Gasteiger partial charge in [-0.2, -0.15) is 0 Å². The maximum absolute atomic E-state index is 12.0. The van der Waals surface area contributed by atoms with E-state index >= 15 is 0 Å². The van der Waals surface area contributed by atoms with E-state index in [9.17, 15) is 9.59 Å². The van der Waals surface area contributed by atoms with Crippen LogP contribution in [0.1, 0.15) is 20.8 Å². The number of nitrogens with one attached hydrogen (secondary N) is 1. The highest BCUT2D eigenvalue weighted by Crippen LogP contribution is 2.31. The van der Waals surface area contributed by atoms with Crippen LogP contribution in [0, 0.1) is 0 Å². The molecule has 0 spiro atoms. The molecule has 0 atom stereocenters. The number of fused-ring (bicyclic) bond motifs is 3. The van der Waals surface area contributed by atoms with Crippen LogP contribution in [0.4, 0.5) is 5.69 Å². The van der Waals surface area contributed by atoms with Crippen molar-refractivity contribution in [1.82, 2.24) is 4.57 Å². The highest BCUT2D eigenvalue weighted by Gasteiger charge is 2.38. The average molecular weight is 364 g/mol. The number of nitrogens with zero attached hydrogens (tertiary/aromatic N) is 1. The lowest BCUT2D eigenvalue weighted by Crippen LogP contribution is -2.42. The van der Waals surface area contributed by atoms with Gasteiger partial charge in [0.05, 0.1) is 0 Å². The minimum atomic E-state index is -1.24. The fraction of sp³-hybridized carbons (Fsp3) is 0.238. The van der Waals surface area contributed by atoms with Crippen molar-refractivity contribution in [3.05, 3.63) is 54.2 Å². The number of ether oxygens (including phenoxy) is 2. The van der Waals surface area contributed by atoms with Crippen LogP contribution in [0.2, 0.25) is 0 Å². The molecule has 3 aromatic rings. The summed E-state index contributed by atoms with van der Waals surface area (Å²) in [5.74, 6) is -2.65. The molecule has 1 aliphatic heterocycles. The average Bonchev–Trinajstić information content (AvgIpc) is 2.93. The number of cyclic esters (lactones) is 2. The predicted molar refractivity (Wildman–Crippen MR) is 103 cm³/mol. The molecule has 27 heavy (non-hydrogen) atoms. The lowest BCUT2D eigenvalue weighted by atomic mass is 10.1. The topological polar surface area (TPSA) is 69.6 Å². The Balaban J connectivity index is 1.70. The molecule has 0 bridgehead atoms. The molecule has 4 rings (SSSR count). The minimum absolute atomic E-state index is 0.162. The number of anilines is 1. The summed E-state index contributed by atoms with van der Waals surface area (Å²) in [5, 5.41) is 5.27. The number of para-hydroxylation sites is 1. The Bertz CT molecular complexity index is 1090. The molecule has 1 aliphatic rings. The van der Waals surface area contributed by atoms with Gasteiger partial charge in [0.25, 0.3) is 5.79 Å². The molecule has 1 saturated heterocycles. The molecular formula is C21H20N2O4. The van der Waals surface area contributed by atoms with E-state index in [1.54, 1.807) is 0 Å². The number of carbonyl (C=O) groups excluding carboxylic acids is 2. The predicted octanol–water partition coefficient (Wildman–Crippen LogP) is 3.95. The van der Waals surface area contributed by atoms with E-state index in [2.05, 4.69) is 28.9 Å². The number of rotatable bonds is 3. The number of hydrogen-bond donors (Lipinski definition) is 1. The van der Waals surface area contributed by atoms with Crippen LogP contribution in [0.3, 0.4) is 0 Å². The van der Waals surface area contributed by atoms with E-state index in [0.717, 1.165) is 28.5 Å². The van der Waals surface area contributed by atoms with E-state index in [1.807, 2.05) is 30.3 Å². The van der Waals surface area contributed by atoms with Crippen molar-refractivity contribution in [2.24, 2.45) is 0 Å². The molecule has 0 unspecified atom stereocenters. The molecule has 1 aromatic heterocycles. The fourth-order valence-corrected chi connectivity index (χ4v) is 3.42. The smallest absolute Gasteiger partial charge is 0.350 e. The van der Waals surface area contributed by atoms with Crippen molar-refractivity contribution in [3.8, 4) is 0 Å². The Kier molecular flexibility index (Phi) is 3.91. The normalized spacial score (nSPS) is 16.3. The van der Waals surface area contributed by atoms with Crippen LogP contribution in [0.15, 0.2) is 54.2 Å². The van der Waals surface area contributed by atoms with Gasteiger partial charge in [0.15, 0.2) is 5.57 Å². The molecule has 1 fully saturated rings. The number of hydrogen-bond acceptors (Lipinski definition) is 5. The van der Waals surface area contributed by atoms with E-state index in [0.29, 0.717) is 0 Å². The molecule has 0 amide bonds. The lowest BCUT2D eigenvalue weighted by Gasteiger charge is -2.29. The summed E-state index contributed by atoms with van der Waals surface area (Å²) < 4.78 is 12.4. The summed E-state index contributed by atoms with van der Waals surface area (Å²) in [4.78, 5) is 24.1. The van der Waals surface area contributed by atoms with Gasteiger partial charge in [0.2, 0.25) is 0 Å². The third-order valence-electron chi connectivity index (χ3n) is 4.59. The van der Waals surface area contributed by atoms with Crippen molar-refractivity contribution in [3.63, 3.8) is 0 Å². The van der Waals surface area contributed by atoms with Gasteiger partial charge in [0.1, 0.15) is 0 Å². The van der Waals surface area contributed by atoms with E-state index < -0.39 is 17.7 Å². The van der Waals surface area contributed by atoms with Gasteiger partial charge < -0.3 is 19.4 Å². The largest absolute Gasteiger partial charge is 0.419 e. The first-order valence-electron chi connectivity index (χ1n) is 8.84. The van der Waals surface area contributed by atoms with E-state index in [-0.39, 0.29) is 5.57 Å². The van der Waals surface area contributed by atoms with Crippen LogP contribution in [-0.2, 0) is 25.6 Å². The lowest BCUT2D eigenvalue weighted by molar-refractivity contribution is -0.222. The number of aryl methyl sites for hydroxylation is 1. The van der Waals surface area contributed by atoms with Crippen LogP contribution in [-0.4, -0.2) is 22.3 Å². The van der Waals surface area contributed by atoms with Gasteiger partial charge in [-0.25, -0.2) is 9.59 Å². The standard InChI is InChI=1S/C21H20N2O4/c1-4-23-17-8-6-5-7-14(17)15-11-13(9-10-18(15)23)22-12-16-19(24)26-21(2,3)27-20(16)25/h5-12,22H,4H2,1-3H3. The third-order valence-corrected chi connectivity index (χ3v) is 4.59. The molecule has 6 nitrogen and oxygen atoms in total. The molecule has 0 radical (unpaired) electrons. The molecule has 1 N–H and O–H groups in total. The second kappa shape index (κ2) is 6.16. The van der Waals surface area contributed by atoms with Crippen LogP contribution < -0.4 is 5.32 Å². The first-order chi connectivity index (χ1) is 12.9. The van der Waals surface area contributed by atoms with Gasteiger partial charge in [0, 0.05) is 54.1 Å². The van der Waals surface area contributed by atoms with Crippen LogP contribution >= 0.6 is 0 Å². The number of esters is 2. The van der Waals surface area contributed by atoms with Crippen LogP contribution in [0.25, 0.3) is 21.8 Å². The molecule has 6 heteroatoms. The second-order valence-corrected chi connectivity index (χ2v) is 6.87. The van der Waals surface area contributed by atoms with Crippen molar-refractivity contribution in [2.45, 2.75) is 33.1 Å². The Morgan fingerprint density at radius 2 is 1.67 bits per heavy atom. The summed E-state index contributed by atoms with van der Waals surface area (Å²) in [6.45, 7) is 6.02. The minimum Gasteiger partial charge on any atom is -0.419 e. The quantitative estimate of drug-likeness (QED) is 0.433. The molecule has 2 aromatic carbocycles. The molecule has 0 aliphatic carbocycles. The van der Waals surface area contributed by atoms with Gasteiger partial charge in [-0.15, -0.1) is 0 Å². The SMILES string of the molecule is CCn1c2ccccc2c2cc(NC=C3C(=O)OC(C)(C)OC3=O)ccc21. The summed E-state index contributed by atoms with van der Waals surface area (Å²) in [6.07, 6.45) is 1.33. The van der Waals surface area contributed by atoms with Crippen molar-refractivity contribution in [1.29, 1.82) is 0 Å². The third kappa shape index (κ3) is 2.93. The zero-order valence-electron chi connectivity index (χ0n) is 15.4. The Hall–Kier alpha value is -3.28. The summed E-state index contributed by atoms with van der Waals surface area (Å²) in [5.41, 5.74) is 2.91. The Morgan fingerprint density at radius 1 is 1.00 bits per heavy atom. The summed E-state index contributed by atoms with van der Waals surface area (Å²) >= 11 is 0. The van der Waals surface area contributed by atoms with E-state index in [4.69, 9.17) is 9.47 Å². The molecule has 0 saturated carbocycles. The van der Waals surface area contributed by atoms with Gasteiger partial charge >= 0.3 is 11.9 Å². The molecule has 2 heterocycles. The van der Waals surface area contributed by atoms with Gasteiger partial charge in [-0.3, -0.25) is 0 Å². The summed E-state index contributed by atoms with van der Waals surface area (Å²) in [6, 6.07) is 14.2. The summed E-state index contributed by atoms with van der Waals surface area (Å²) in [7, 11) is 0. The zero-order chi connectivity index (χ0) is 19.2. The van der Waals surface area contributed by atoms with Crippen LogP contribution in [0.5, 0.6) is 0 Å². The number of carbonyl (C=O) groups is 2. The number of aromatic nitrogens is 1. The first kappa shape index (κ1) is 17.1. The highest BCUT2D eigenvalue weighted by atomic mass is 16.7. The van der Waals surface area contributed by atoms with E-state index in [1.165, 1.54) is 25.6 Å². The fourth-order valence-electron chi connectivity index (χ4n) is 3.42. The van der Waals surface area contributed by atoms with Gasteiger partial charge in [-0.05, 0) is 31.2 Å². The first-order valence-corrected chi connectivity index (χ1v) is 8.84. The second-order valence-electron chi connectivity index (χ2n) is 6.87.